The lowest BCUT2D eigenvalue weighted by Gasteiger charge is -2.01. The standard InChI is InChI=1S/C9H9ClN2O2/c10-7-3-1-2-6(4-7)5-8(13)12-9(11)14/h1-4H,5H2,(H3,11,12,13,14). The lowest BCUT2D eigenvalue weighted by atomic mass is 10.1. The van der Waals surface area contributed by atoms with Crippen LogP contribution in [-0.2, 0) is 11.2 Å². The van der Waals surface area contributed by atoms with Crippen molar-refractivity contribution in [1.82, 2.24) is 5.32 Å². The molecule has 3 amide bonds. The third kappa shape index (κ3) is 3.45. The normalized spacial score (nSPS) is 9.50. The van der Waals surface area contributed by atoms with Gasteiger partial charge in [0.25, 0.3) is 0 Å². The first-order valence-corrected chi connectivity index (χ1v) is 4.29. The summed E-state index contributed by atoms with van der Waals surface area (Å²) in [5.74, 6) is -0.445. The monoisotopic (exact) mass is 212 g/mol. The lowest BCUT2D eigenvalue weighted by Crippen LogP contribution is -2.35. The van der Waals surface area contributed by atoms with Gasteiger partial charge in [-0.3, -0.25) is 10.1 Å². The number of benzene rings is 1. The minimum absolute atomic E-state index is 0.0868. The average Bonchev–Trinajstić information content (AvgIpc) is 2.01. The molecule has 0 fully saturated rings. The minimum Gasteiger partial charge on any atom is -0.351 e. The maximum Gasteiger partial charge on any atom is 0.318 e. The van der Waals surface area contributed by atoms with Crippen LogP contribution in [0.3, 0.4) is 0 Å². The van der Waals surface area contributed by atoms with Crippen molar-refractivity contribution in [1.29, 1.82) is 0 Å². The van der Waals surface area contributed by atoms with E-state index in [9.17, 15) is 9.59 Å². The average molecular weight is 213 g/mol. The Morgan fingerprint density at radius 1 is 1.43 bits per heavy atom. The van der Waals surface area contributed by atoms with Crippen LogP contribution < -0.4 is 11.1 Å². The van der Waals surface area contributed by atoms with Crippen LogP contribution in [-0.4, -0.2) is 11.9 Å². The van der Waals surface area contributed by atoms with Crippen LogP contribution in [0.2, 0.25) is 5.02 Å². The summed E-state index contributed by atoms with van der Waals surface area (Å²) in [5, 5.41) is 2.52. The Labute approximate surface area is 86.0 Å². The number of hydrogen-bond acceptors (Lipinski definition) is 2. The van der Waals surface area contributed by atoms with Crippen LogP contribution in [0.1, 0.15) is 5.56 Å². The Morgan fingerprint density at radius 2 is 2.14 bits per heavy atom. The fourth-order valence-corrected chi connectivity index (χ4v) is 1.23. The molecule has 0 aliphatic carbocycles. The number of hydrogen-bond donors (Lipinski definition) is 2. The highest BCUT2D eigenvalue weighted by Crippen LogP contribution is 2.10. The van der Waals surface area contributed by atoms with Crippen molar-refractivity contribution in [3.05, 3.63) is 34.9 Å². The van der Waals surface area contributed by atoms with E-state index in [4.69, 9.17) is 17.3 Å². The summed E-state index contributed by atoms with van der Waals surface area (Å²) in [6, 6.07) is 5.98. The van der Waals surface area contributed by atoms with E-state index in [1.807, 2.05) is 5.32 Å². The second-order valence-corrected chi connectivity index (χ2v) is 3.16. The van der Waals surface area contributed by atoms with Gasteiger partial charge >= 0.3 is 6.03 Å². The van der Waals surface area contributed by atoms with Gasteiger partial charge < -0.3 is 5.73 Å². The number of nitrogens with two attached hydrogens (primary N) is 1. The number of primary amides is 1. The van der Waals surface area contributed by atoms with Crippen molar-refractivity contribution in [2.45, 2.75) is 6.42 Å². The molecular weight excluding hydrogens is 204 g/mol. The maximum atomic E-state index is 11.1. The van der Waals surface area contributed by atoms with Crippen LogP contribution in [0, 0.1) is 0 Å². The van der Waals surface area contributed by atoms with Crippen molar-refractivity contribution < 1.29 is 9.59 Å². The van der Waals surface area contributed by atoms with E-state index >= 15 is 0 Å². The first kappa shape index (κ1) is 10.5. The van der Waals surface area contributed by atoms with Crippen LogP contribution >= 0.6 is 11.6 Å². The van der Waals surface area contributed by atoms with Gasteiger partial charge in [-0.2, -0.15) is 0 Å². The van der Waals surface area contributed by atoms with Gasteiger partial charge in [0, 0.05) is 5.02 Å². The fraction of sp³-hybridized carbons (Fsp3) is 0.111. The largest absolute Gasteiger partial charge is 0.351 e. The van der Waals surface area contributed by atoms with Crippen molar-refractivity contribution in [2.75, 3.05) is 0 Å². The molecule has 14 heavy (non-hydrogen) atoms. The van der Waals surface area contributed by atoms with Crippen LogP contribution in [0.4, 0.5) is 4.79 Å². The number of urea groups is 1. The molecule has 0 aromatic heterocycles. The molecule has 3 N–H and O–H groups in total. The highest BCUT2D eigenvalue weighted by atomic mass is 35.5. The number of nitrogens with one attached hydrogen (secondary N) is 1. The second kappa shape index (κ2) is 4.62. The number of carbonyl (C=O) groups is 2. The summed E-state index contributed by atoms with van der Waals surface area (Å²) in [6.45, 7) is 0. The Hall–Kier alpha value is -1.55. The molecule has 74 valence electrons. The quantitative estimate of drug-likeness (QED) is 0.770. The smallest absolute Gasteiger partial charge is 0.318 e. The van der Waals surface area contributed by atoms with Gasteiger partial charge in [0.15, 0.2) is 0 Å². The summed E-state index contributed by atoms with van der Waals surface area (Å²) in [5.41, 5.74) is 5.51. The molecular formula is C9H9ClN2O2. The number of rotatable bonds is 2. The minimum atomic E-state index is -0.850. The topological polar surface area (TPSA) is 72.2 Å². The Balaban J connectivity index is 2.60. The lowest BCUT2D eigenvalue weighted by molar-refractivity contribution is -0.119. The third-order valence-electron chi connectivity index (χ3n) is 1.52. The molecule has 1 aromatic carbocycles. The summed E-state index contributed by atoms with van der Waals surface area (Å²) < 4.78 is 0. The van der Waals surface area contributed by atoms with Crippen molar-refractivity contribution >= 4 is 23.5 Å². The van der Waals surface area contributed by atoms with Crippen molar-refractivity contribution in [3.63, 3.8) is 0 Å². The molecule has 0 bridgehead atoms. The van der Waals surface area contributed by atoms with Crippen LogP contribution in [0.15, 0.2) is 24.3 Å². The zero-order valence-electron chi connectivity index (χ0n) is 7.29. The molecule has 4 nitrogen and oxygen atoms in total. The third-order valence-corrected chi connectivity index (χ3v) is 1.75. The van der Waals surface area contributed by atoms with Gasteiger partial charge in [-0.25, -0.2) is 4.79 Å². The molecule has 1 rings (SSSR count). The molecule has 0 heterocycles. The van der Waals surface area contributed by atoms with Crippen LogP contribution in [0.25, 0.3) is 0 Å². The van der Waals surface area contributed by atoms with Gasteiger partial charge in [0.05, 0.1) is 6.42 Å². The highest BCUT2D eigenvalue weighted by molar-refractivity contribution is 6.30. The van der Waals surface area contributed by atoms with Gasteiger partial charge in [-0.1, -0.05) is 23.7 Å². The zero-order valence-corrected chi connectivity index (χ0v) is 8.04. The van der Waals surface area contributed by atoms with Crippen molar-refractivity contribution in [3.8, 4) is 0 Å². The van der Waals surface area contributed by atoms with E-state index in [0.29, 0.717) is 5.02 Å². The zero-order chi connectivity index (χ0) is 10.6. The predicted octanol–water partition coefficient (Wildman–Crippen LogP) is 1.08. The SMILES string of the molecule is NC(=O)NC(=O)Cc1cccc(Cl)c1. The Kier molecular flexibility index (Phi) is 3.48. The van der Waals surface area contributed by atoms with Crippen molar-refractivity contribution in [2.24, 2.45) is 5.73 Å². The van der Waals surface area contributed by atoms with E-state index in [1.165, 1.54) is 0 Å². The molecule has 0 spiro atoms. The van der Waals surface area contributed by atoms with E-state index in [-0.39, 0.29) is 6.42 Å². The van der Waals surface area contributed by atoms with Gasteiger partial charge in [0.2, 0.25) is 5.91 Å². The summed E-state index contributed by atoms with van der Waals surface area (Å²) in [7, 11) is 0. The number of carbonyl (C=O) groups excluding carboxylic acids is 2. The first-order chi connectivity index (χ1) is 6.58. The molecule has 1 aromatic rings. The maximum absolute atomic E-state index is 11.1. The molecule has 5 heteroatoms. The molecule has 0 aliphatic rings. The Bertz CT molecular complexity index is 366. The molecule has 0 aliphatic heterocycles. The van der Waals surface area contributed by atoms with Gasteiger partial charge in [-0.05, 0) is 17.7 Å². The van der Waals surface area contributed by atoms with E-state index < -0.39 is 11.9 Å². The molecule has 0 unspecified atom stereocenters. The molecule has 0 atom stereocenters. The van der Waals surface area contributed by atoms with E-state index in [0.717, 1.165) is 5.56 Å². The van der Waals surface area contributed by atoms with E-state index in [2.05, 4.69) is 0 Å². The second-order valence-electron chi connectivity index (χ2n) is 2.72. The highest BCUT2D eigenvalue weighted by Gasteiger charge is 2.05. The number of imide groups is 1. The summed E-state index contributed by atoms with van der Waals surface area (Å²) in [6.07, 6.45) is 0.0868. The molecule has 0 saturated heterocycles. The van der Waals surface area contributed by atoms with Gasteiger partial charge in [0.1, 0.15) is 0 Å². The molecule has 0 saturated carbocycles. The number of halogens is 1. The predicted molar refractivity (Wildman–Crippen MR) is 52.9 cm³/mol. The van der Waals surface area contributed by atoms with Gasteiger partial charge in [-0.15, -0.1) is 0 Å². The Morgan fingerprint density at radius 3 is 2.71 bits per heavy atom. The summed E-state index contributed by atoms with van der Waals surface area (Å²) >= 11 is 5.71. The first-order valence-electron chi connectivity index (χ1n) is 3.91. The summed E-state index contributed by atoms with van der Waals surface area (Å²) in [4.78, 5) is 21.4. The van der Waals surface area contributed by atoms with Crippen LogP contribution in [0.5, 0.6) is 0 Å². The fourth-order valence-electron chi connectivity index (χ4n) is 1.01. The number of amides is 3. The van der Waals surface area contributed by atoms with E-state index in [1.54, 1.807) is 24.3 Å². The molecule has 0 radical (unpaired) electrons.